The van der Waals surface area contributed by atoms with Crippen molar-refractivity contribution in [3.05, 3.63) is 71.3 Å². The molecule has 23 heavy (non-hydrogen) atoms. The quantitative estimate of drug-likeness (QED) is 0.807. The van der Waals surface area contributed by atoms with Gasteiger partial charge in [0.05, 0.1) is 5.69 Å². The Labute approximate surface area is 136 Å². The predicted octanol–water partition coefficient (Wildman–Crippen LogP) is 3.34. The van der Waals surface area contributed by atoms with Gasteiger partial charge in [-0.05, 0) is 31.0 Å². The van der Waals surface area contributed by atoms with Crippen molar-refractivity contribution in [1.82, 2.24) is 19.9 Å². The van der Waals surface area contributed by atoms with Gasteiger partial charge in [-0.3, -0.25) is 4.90 Å². The maximum absolute atomic E-state index is 4.83. The Morgan fingerprint density at radius 1 is 1.17 bits per heavy atom. The van der Waals surface area contributed by atoms with Crippen molar-refractivity contribution in [3.63, 3.8) is 0 Å². The number of aromatic nitrogens is 3. The van der Waals surface area contributed by atoms with Gasteiger partial charge in [-0.1, -0.05) is 29.8 Å². The SMILES string of the molecule is Cc1ccc(-c2ncc3c(n2)CN(Cc2ccc[nH]2)CC3)cc1. The second-order valence-electron chi connectivity index (χ2n) is 6.19. The molecule has 3 heterocycles. The molecule has 1 N–H and O–H groups in total. The van der Waals surface area contributed by atoms with Crippen molar-refractivity contribution in [2.75, 3.05) is 6.54 Å². The zero-order valence-corrected chi connectivity index (χ0v) is 13.3. The van der Waals surface area contributed by atoms with E-state index in [1.165, 1.54) is 16.8 Å². The number of hydrogen-bond donors (Lipinski definition) is 1. The van der Waals surface area contributed by atoms with E-state index in [1.807, 2.05) is 18.5 Å². The summed E-state index contributed by atoms with van der Waals surface area (Å²) in [5.74, 6) is 0.825. The predicted molar refractivity (Wildman–Crippen MR) is 90.8 cm³/mol. The van der Waals surface area contributed by atoms with Crippen LogP contribution in [-0.4, -0.2) is 26.4 Å². The van der Waals surface area contributed by atoms with Crippen LogP contribution >= 0.6 is 0 Å². The topological polar surface area (TPSA) is 44.8 Å². The number of fused-ring (bicyclic) bond motifs is 1. The maximum atomic E-state index is 4.83. The summed E-state index contributed by atoms with van der Waals surface area (Å²) in [7, 11) is 0. The molecule has 0 bridgehead atoms. The highest BCUT2D eigenvalue weighted by Gasteiger charge is 2.19. The molecule has 1 aliphatic rings. The third-order valence-electron chi connectivity index (χ3n) is 4.39. The number of nitrogens with one attached hydrogen (secondary N) is 1. The molecule has 0 spiro atoms. The Balaban J connectivity index is 1.57. The monoisotopic (exact) mass is 304 g/mol. The van der Waals surface area contributed by atoms with Crippen LogP contribution in [-0.2, 0) is 19.5 Å². The lowest BCUT2D eigenvalue weighted by Gasteiger charge is -2.27. The van der Waals surface area contributed by atoms with E-state index in [1.54, 1.807) is 0 Å². The molecule has 0 atom stereocenters. The van der Waals surface area contributed by atoms with E-state index in [9.17, 15) is 0 Å². The number of nitrogens with zero attached hydrogens (tertiary/aromatic N) is 3. The lowest BCUT2D eigenvalue weighted by molar-refractivity contribution is 0.239. The Morgan fingerprint density at radius 3 is 2.83 bits per heavy atom. The number of hydrogen-bond acceptors (Lipinski definition) is 3. The summed E-state index contributed by atoms with van der Waals surface area (Å²) in [4.78, 5) is 15.1. The fourth-order valence-corrected chi connectivity index (χ4v) is 3.04. The third kappa shape index (κ3) is 3.03. The summed E-state index contributed by atoms with van der Waals surface area (Å²) >= 11 is 0. The molecule has 0 radical (unpaired) electrons. The summed E-state index contributed by atoms with van der Waals surface area (Å²) < 4.78 is 0. The first-order chi connectivity index (χ1) is 11.3. The normalized spacial score (nSPS) is 14.7. The molecule has 0 saturated carbocycles. The van der Waals surface area contributed by atoms with Crippen LogP contribution in [0.5, 0.6) is 0 Å². The van der Waals surface area contributed by atoms with Gasteiger partial charge in [-0.25, -0.2) is 9.97 Å². The Bertz CT molecular complexity index is 791. The van der Waals surface area contributed by atoms with Gasteiger partial charge in [-0.15, -0.1) is 0 Å². The lowest BCUT2D eigenvalue weighted by Crippen LogP contribution is -2.31. The average molecular weight is 304 g/mol. The van der Waals surface area contributed by atoms with Crippen LogP contribution in [0.25, 0.3) is 11.4 Å². The van der Waals surface area contributed by atoms with Gasteiger partial charge in [0.2, 0.25) is 0 Å². The summed E-state index contributed by atoms with van der Waals surface area (Å²) in [5.41, 5.74) is 6.03. The van der Waals surface area contributed by atoms with Crippen LogP contribution in [0.3, 0.4) is 0 Å². The molecule has 1 aromatic carbocycles. The molecule has 0 unspecified atom stereocenters. The van der Waals surface area contributed by atoms with Gasteiger partial charge < -0.3 is 4.98 Å². The van der Waals surface area contributed by atoms with E-state index >= 15 is 0 Å². The highest BCUT2D eigenvalue weighted by molar-refractivity contribution is 5.55. The molecular formula is C19H20N4. The molecule has 2 aromatic heterocycles. The zero-order valence-electron chi connectivity index (χ0n) is 13.3. The van der Waals surface area contributed by atoms with Crippen molar-refractivity contribution >= 4 is 0 Å². The molecule has 116 valence electrons. The summed E-state index contributed by atoms with van der Waals surface area (Å²) in [6.45, 7) is 4.97. The molecule has 1 aliphatic heterocycles. The Kier molecular flexibility index (Phi) is 3.67. The van der Waals surface area contributed by atoms with Gasteiger partial charge >= 0.3 is 0 Å². The minimum absolute atomic E-state index is 0.825. The molecule has 0 saturated heterocycles. The number of aryl methyl sites for hydroxylation is 1. The average Bonchev–Trinajstić information content (AvgIpc) is 3.08. The van der Waals surface area contributed by atoms with Gasteiger partial charge in [-0.2, -0.15) is 0 Å². The third-order valence-corrected chi connectivity index (χ3v) is 4.39. The van der Waals surface area contributed by atoms with Gasteiger partial charge in [0.15, 0.2) is 5.82 Å². The highest BCUT2D eigenvalue weighted by atomic mass is 15.1. The van der Waals surface area contributed by atoms with Crippen molar-refractivity contribution in [2.24, 2.45) is 0 Å². The zero-order chi connectivity index (χ0) is 15.6. The van der Waals surface area contributed by atoms with E-state index in [4.69, 9.17) is 4.98 Å². The van der Waals surface area contributed by atoms with Crippen LogP contribution < -0.4 is 0 Å². The standard InChI is InChI=1S/C19H20N4/c1-14-4-6-15(7-5-14)19-21-11-16-8-10-23(13-18(16)22-19)12-17-3-2-9-20-17/h2-7,9,11,20H,8,10,12-13H2,1H3. The van der Waals surface area contributed by atoms with Gasteiger partial charge in [0, 0.05) is 43.3 Å². The molecule has 0 aliphatic carbocycles. The second kappa shape index (κ2) is 5.97. The van der Waals surface area contributed by atoms with Crippen LogP contribution in [0.2, 0.25) is 0 Å². The fraction of sp³-hybridized carbons (Fsp3) is 0.263. The van der Waals surface area contributed by atoms with Crippen molar-refractivity contribution in [3.8, 4) is 11.4 Å². The number of rotatable bonds is 3. The molecule has 0 fully saturated rings. The number of aromatic amines is 1. The molecule has 4 rings (SSSR count). The first kappa shape index (κ1) is 14.2. The van der Waals surface area contributed by atoms with E-state index < -0.39 is 0 Å². The molecule has 0 amide bonds. The van der Waals surface area contributed by atoms with Crippen molar-refractivity contribution < 1.29 is 0 Å². The minimum atomic E-state index is 0.825. The van der Waals surface area contributed by atoms with E-state index in [0.717, 1.165) is 43.1 Å². The van der Waals surface area contributed by atoms with Crippen LogP contribution in [0.4, 0.5) is 0 Å². The number of H-pyrrole nitrogens is 1. The highest BCUT2D eigenvalue weighted by Crippen LogP contribution is 2.22. The molecular weight excluding hydrogens is 284 g/mol. The number of benzene rings is 1. The lowest BCUT2D eigenvalue weighted by atomic mass is 10.1. The van der Waals surface area contributed by atoms with Crippen LogP contribution in [0, 0.1) is 6.92 Å². The second-order valence-corrected chi connectivity index (χ2v) is 6.19. The van der Waals surface area contributed by atoms with Crippen molar-refractivity contribution in [1.29, 1.82) is 0 Å². The first-order valence-electron chi connectivity index (χ1n) is 8.04. The summed E-state index contributed by atoms with van der Waals surface area (Å²) in [6.07, 6.45) is 5.00. The van der Waals surface area contributed by atoms with Crippen LogP contribution in [0.15, 0.2) is 48.8 Å². The first-order valence-corrected chi connectivity index (χ1v) is 8.04. The fourth-order valence-electron chi connectivity index (χ4n) is 3.04. The smallest absolute Gasteiger partial charge is 0.159 e. The molecule has 4 heteroatoms. The Morgan fingerprint density at radius 2 is 2.04 bits per heavy atom. The van der Waals surface area contributed by atoms with E-state index in [0.29, 0.717) is 0 Å². The van der Waals surface area contributed by atoms with Crippen molar-refractivity contribution in [2.45, 2.75) is 26.4 Å². The molecule has 4 nitrogen and oxygen atoms in total. The van der Waals surface area contributed by atoms with Gasteiger partial charge in [0.25, 0.3) is 0 Å². The minimum Gasteiger partial charge on any atom is -0.364 e. The summed E-state index contributed by atoms with van der Waals surface area (Å²) in [6, 6.07) is 12.6. The van der Waals surface area contributed by atoms with Crippen LogP contribution in [0.1, 0.15) is 22.5 Å². The van der Waals surface area contributed by atoms with E-state index in [-0.39, 0.29) is 0 Å². The Hall–Kier alpha value is -2.46. The molecule has 3 aromatic rings. The maximum Gasteiger partial charge on any atom is 0.159 e. The van der Waals surface area contributed by atoms with Gasteiger partial charge in [0.1, 0.15) is 0 Å². The summed E-state index contributed by atoms with van der Waals surface area (Å²) in [5, 5.41) is 0. The van der Waals surface area contributed by atoms with E-state index in [2.05, 4.69) is 52.1 Å². The largest absolute Gasteiger partial charge is 0.364 e.